The van der Waals surface area contributed by atoms with Crippen molar-refractivity contribution < 1.29 is 9.47 Å². The number of anilines is 3. The van der Waals surface area contributed by atoms with Gasteiger partial charge < -0.3 is 20.1 Å². The fourth-order valence-corrected chi connectivity index (χ4v) is 3.61. The van der Waals surface area contributed by atoms with Gasteiger partial charge in [-0.25, -0.2) is 4.98 Å². The molecule has 2 aliphatic rings. The molecule has 0 spiro atoms. The molecule has 5 rings (SSSR count). The zero-order valence-corrected chi connectivity index (χ0v) is 15.0. The Kier molecular flexibility index (Phi) is 3.81. The van der Waals surface area contributed by atoms with Gasteiger partial charge in [-0.1, -0.05) is 24.3 Å². The monoisotopic (exact) mass is 360 g/mol. The summed E-state index contributed by atoms with van der Waals surface area (Å²) in [6, 6.07) is 14.7. The molecule has 1 aliphatic heterocycles. The molecule has 0 unspecified atom stereocenters. The number of hydrogen-bond donors (Lipinski definition) is 2. The van der Waals surface area contributed by atoms with Crippen LogP contribution in [0, 0.1) is 6.92 Å². The molecule has 27 heavy (non-hydrogen) atoms. The number of rotatable bonds is 4. The Morgan fingerprint density at radius 2 is 1.78 bits per heavy atom. The van der Waals surface area contributed by atoms with Crippen molar-refractivity contribution in [2.24, 2.45) is 0 Å². The van der Waals surface area contributed by atoms with Gasteiger partial charge in [0.25, 0.3) is 0 Å². The van der Waals surface area contributed by atoms with Gasteiger partial charge in [0.05, 0.1) is 0 Å². The second kappa shape index (κ2) is 6.46. The maximum absolute atomic E-state index is 5.42. The lowest BCUT2D eigenvalue weighted by Gasteiger charge is -2.16. The molecule has 0 saturated carbocycles. The number of aryl methyl sites for hydroxylation is 1. The van der Waals surface area contributed by atoms with E-state index in [-0.39, 0.29) is 6.79 Å². The summed E-state index contributed by atoms with van der Waals surface area (Å²) < 4.78 is 10.8. The van der Waals surface area contributed by atoms with E-state index in [0.717, 1.165) is 41.4 Å². The second-order valence-corrected chi connectivity index (χ2v) is 6.94. The predicted molar refractivity (Wildman–Crippen MR) is 104 cm³/mol. The summed E-state index contributed by atoms with van der Waals surface area (Å²) in [7, 11) is 0. The molecule has 0 atom stereocenters. The van der Waals surface area contributed by atoms with Gasteiger partial charge in [0.2, 0.25) is 12.7 Å². The maximum Gasteiger partial charge on any atom is 0.231 e. The van der Waals surface area contributed by atoms with Gasteiger partial charge in [0.1, 0.15) is 5.82 Å². The fourth-order valence-electron chi connectivity index (χ4n) is 3.61. The van der Waals surface area contributed by atoms with Crippen LogP contribution in [0.4, 0.5) is 17.5 Å². The zero-order chi connectivity index (χ0) is 18.2. The van der Waals surface area contributed by atoms with Crippen LogP contribution >= 0.6 is 0 Å². The highest BCUT2D eigenvalue weighted by Gasteiger charge is 2.22. The van der Waals surface area contributed by atoms with Crippen LogP contribution in [0.25, 0.3) is 0 Å². The average Bonchev–Trinajstić information content (AvgIpc) is 3.30. The van der Waals surface area contributed by atoms with Crippen molar-refractivity contribution in [2.45, 2.75) is 25.8 Å². The van der Waals surface area contributed by atoms with Crippen molar-refractivity contribution in [3.8, 4) is 11.5 Å². The molecule has 3 aromatic rings. The third-order valence-corrected chi connectivity index (χ3v) is 4.99. The van der Waals surface area contributed by atoms with Gasteiger partial charge in [-0.2, -0.15) is 4.98 Å². The van der Waals surface area contributed by atoms with Crippen LogP contribution in [-0.4, -0.2) is 22.8 Å². The molecule has 6 nitrogen and oxygen atoms in total. The summed E-state index contributed by atoms with van der Waals surface area (Å²) in [6.45, 7) is 2.28. The lowest BCUT2D eigenvalue weighted by atomic mass is 10.1. The first kappa shape index (κ1) is 15.9. The Hall–Kier alpha value is -3.28. The Labute approximate surface area is 157 Å². The zero-order valence-electron chi connectivity index (χ0n) is 15.0. The Morgan fingerprint density at radius 3 is 2.59 bits per heavy atom. The van der Waals surface area contributed by atoms with E-state index < -0.39 is 0 Å². The normalized spacial score (nSPS) is 14.9. The van der Waals surface area contributed by atoms with Crippen molar-refractivity contribution >= 4 is 17.5 Å². The van der Waals surface area contributed by atoms with Crippen molar-refractivity contribution in [1.29, 1.82) is 0 Å². The number of ether oxygens (including phenoxy) is 2. The van der Waals surface area contributed by atoms with E-state index >= 15 is 0 Å². The minimum Gasteiger partial charge on any atom is -0.454 e. The quantitative estimate of drug-likeness (QED) is 0.737. The van der Waals surface area contributed by atoms with Crippen molar-refractivity contribution in [1.82, 2.24) is 9.97 Å². The molecule has 0 bridgehead atoms. The summed E-state index contributed by atoms with van der Waals surface area (Å²) >= 11 is 0. The number of hydrogen-bond acceptors (Lipinski definition) is 6. The SMILES string of the molecule is Cc1cnc(Nc2ccc3c(c2)OCO3)nc1NC1Cc2ccccc2C1. The Balaban J connectivity index is 1.33. The molecule has 0 fully saturated rings. The Bertz CT molecular complexity index is 980. The van der Waals surface area contributed by atoms with Gasteiger partial charge in [0.15, 0.2) is 11.5 Å². The van der Waals surface area contributed by atoms with Crippen LogP contribution in [0.2, 0.25) is 0 Å². The van der Waals surface area contributed by atoms with Crippen molar-refractivity contribution in [2.75, 3.05) is 17.4 Å². The van der Waals surface area contributed by atoms with Gasteiger partial charge >= 0.3 is 0 Å². The third-order valence-electron chi connectivity index (χ3n) is 4.99. The van der Waals surface area contributed by atoms with E-state index in [9.17, 15) is 0 Å². The van der Waals surface area contributed by atoms with Crippen LogP contribution in [-0.2, 0) is 12.8 Å². The fraction of sp³-hybridized carbons (Fsp3) is 0.238. The van der Waals surface area contributed by atoms with Crippen molar-refractivity contribution in [3.63, 3.8) is 0 Å². The largest absolute Gasteiger partial charge is 0.454 e. The van der Waals surface area contributed by atoms with Gasteiger partial charge in [0, 0.05) is 29.6 Å². The Morgan fingerprint density at radius 1 is 1.00 bits per heavy atom. The standard InChI is InChI=1S/C21H20N4O2/c1-13-11-22-21(24-16-6-7-18-19(10-16)27-12-26-18)25-20(13)23-17-8-14-4-2-3-5-15(14)9-17/h2-7,10-11,17H,8-9,12H2,1H3,(H2,22,23,24,25). The first-order chi connectivity index (χ1) is 13.2. The number of nitrogens with zero attached hydrogens (tertiary/aromatic N) is 2. The van der Waals surface area contributed by atoms with Crippen LogP contribution in [0.15, 0.2) is 48.7 Å². The van der Waals surface area contributed by atoms with Gasteiger partial charge in [-0.05, 0) is 43.0 Å². The summed E-state index contributed by atoms with van der Waals surface area (Å²) in [5.41, 5.74) is 4.73. The molecule has 1 aromatic heterocycles. The molecule has 2 N–H and O–H groups in total. The lowest BCUT2D eigenvalue weighted by Crippen LogP contribution is -2.21. The average molecular weight is 360 g/mol. The number of aromatic nitrogens is 2. The molecule has 0 saturated heterocycles. The number of nitrogens with one attached hydrogen (secondary N) is 2. The molecule has 1 aliphatic carbocycles. The highest BCUT2D eigenvalue weighted by molar-refractivity contribution is 5.61. The first-order valence-electron chi connectivity index (χ1n) is 9.08. The van der Waals surface area contributed by atoms with E-state index in [1.54, 1.807) is 0 Å². The maximum atomic E-state index is 5.42. The van der Waals surface area contributed by atoms with E-state index in [2.05, 4.69) is 44.9 Å². The van der Waals surface area contributed by atoms with Crippen LogP contribution in [0.5, 0.6) is 11.5 Å². The lowest BCUT2D eigenvalue weighted by molar-refractivity contribution is 0.174. The molecular formula is C21H20N4O2. The summed E-state index contributed by atoms with van der Waals surface area (Å²) in [5.74, 6) is 2.91. The van der Waals surface area contributed by atoms with Crippen molar-refractivity contribution in [3.05, 3.63) is 65.4 Å². The molecule has 0 radical (unpaired) electrons. The number of benzene rings is 2. The molecular weight excluding hydrogens is 340 g/mol. The second-order valence-electron chi connectivity index (χ2n) is 6.94. The van der Waals surface area contributed by atoms with Crippen LogP contribution in [0.1, 0.15) is 16.7 Å². The first-order valence-corrected chi connectivity index (χ1v) is 9.08. The van der Waals surface area contributed by atoms with E-state index in [1.165, 1.54) is 11.1 Å². The molecule has 6 heteroatoms. The van der Waals surface area contributed by atoms with E-state index in [0.29, 0.717) is 12.0 Å². The van der Waals surface area contributed by atoms with E-state index in [4.69, 9.17) is 9.47 Å². The molecule has 2 heterocycles. The minimum atomic E-state index is 0.262. The van der Waals surface area contributed by atoms with Gasteiger partial charge in [-0.15, -0.1) is 0 Å². The minimum absolute atomic E-state index is 0.262. The van der Waals surface area contributed by atoms with Gasteiger partial charge in [-0.3, -0.25) is 0 Å². The third kappa shape index (κ3) is 3.14. The molecule has 136 valence electrons. The summed E-state index contributed by atoms with van der Waals surface area (Å²) in [6.07, 6.45) is 3.88. The molecule has 0 amide bonds. The topological polar surface area (TPSA) is 68.3 Å². The summed E-state index contributed by atoms with van der Waals surface area (Å²) in [4.78, 5) is 9.09. The smallest absolute Gasteiger partial charge is 0.231 e. The molecule has 2 aromatic carbocycles. The highest BCUT2D eigenvalue weighted by atomic mass is 16.7. The highest BCUT2D eigenvalue weighted by Crippen LogP contribution is 2.35. The number of fused-ring (bicyclic) bond motifs is 2. The summed E-state index contributed by atoms with van der Waals surface area (Å²) in [5, 5.41) is 6.83. The van der Waals surface area contributed by atoms with Crippen LogP contribution < -0.4 is 20.1 Å². The predicted octanol–water partition coefficient (Wildman–Crippen LogP) is 3.84. The van der Waals surface area contributed by atoms with E-state index in [1.807, 2.05) is 31.3 Å². The van der Waals surface area contributed by atoms with Crippen LogP contribution in [0.3, 0.4) is 0 Å².